The van der Waals surface area contributed by atoms with Crippen LogP contribution in [0.1, 0.15) is 48.0 Å². The van der Waals surface area contributed by atoms with E-state index in [0.717, 1.165) is 31.2 Å². The molecule has 1 fully saturated rings. The molecule has 1 aliphatic rings. The maximum Gasteiger partial charge on any atom is 0.269 e. The summed E-state index contributed by atoms with van der Waals surface area (Å²) in [5.41, 5.74) is 7.01. The topological polar surface area (TPSA) is 109 Å². The zero-order valence-electron chi connectivity index (χ0n) is 18.5. The number of hydrazine groups is 1. The van der Waals surface area contributed by atoms with Crippen LogP contribution in [-0.2, 0) is 9.59 Å². The molecule has 3 amide bonds. The van der Waals surface area contributed by atoms with Gasteiger partial charge in [0.05, 0.1) is 0 Å². The second-order valence-corrected chi connectivity index (χ2v) is 8.37. The van der Waals surface area contributed by atoms with Crippen LogP contribution in [-0.4, -0.2) is 29.4 Å². The number of amides is 3. The zero-order chi connectivity index (χ0) is 23.6. The highest BCUT2D eigenvalue weighted by atomic mass is 32.1. The molecular weight excluding hydrogens is 440 g/mol. The van der Waals surface area contributed by atoms with Gasteiger partial charge in [-0.15, -0.1) is 0 Å². The summed E-state index contributed by atoms with van der Waals surface area (Å²) in [5.74, 6) is -0.236. The minimum atomic E-state index is -0.458. The molecule has 0 spiro atoms. The quantitative estimate of drug-likeness (QED) is 0.383. The summed E-state index contributed by atoms with van der Waals surface area (Å²) in [6, 6.07) is 13.9. The molecule has 3 rings (SSSR count). The van der Waals surface area contributed by atoms with Crippen LogP contribution in [0.4, 0.5) is 5.69 Å². The fourth-order valence-corrected chi connectivity index (χ4v) is 3.64. The third-order valence-electron chi connectivity index (χ3n) is 5.32. The van der Waals surface area contributed by atoms with Gasteiger partial charge in [0.2, 0.25) is 5.91 Å². The van der Waals surface area contributed by atoms with Crippen molar-refractivity contribution >= 4 is 40.7 Å². The Morgan fingerprint density at radius 2 is 1.61 bits per heavy atom. The zero-order valence-corrected chi connectivity index (χ0v) is 19.3. The van der Waals surface area contributed by atoms with Gasteiger partial charge in [0.25, 0.3) is 11.8 Å². The summed E-state index contributed by atoms with van der Waals surface area (Å²) in [5, 5.41) is 5.28. The molecule has 9 heteroatoms. The van der Waals surface area contributed by atoms with Gasteiger partial charge in [0, 0.05) is 17.2 Å². The van der Waals surface area contributed by atoms with Crippen molar-refractivity contribution in [2.75, 3.05) is 11.9 Å². The van der Waals surface area contributed by atoms with Crippen molar-refractivity contribution in [2.45, 2.75) is 39.0 Å². The summed E-state index contributed by atoms with van der Waals surface area (Å²) in [6.07, 6.45) is 5.22. The highest BCUT2D eigenvalue weighted by Gasteiger charge is 2.21. The fraction of sp³-hybridized carbons (Fsp3) is 0.333. The monoisotopic (exact) mass is 468 g/mol. The van der Waals surface area contributed by atoms with Crippen LogP contribution in [0.25, 0.3) is 0 Å². The number of thiocarbonyl (C=S) groups is 1. The predicted molar refractivity (Wildman–Crippen MR) is 130 cm³/mol. The number of benzene rings is 2. The Bertz CT molecular complexity index is 987. The van der Waals surface area contributed by atoms with Crippen molar-refractivity contribution in [1.82, 2.24) is 16.2 Å². The van der Waals surface area contributed by atoms with Crippen molar-refractivity contribution in [3.05, 3.63) is 59.7 Å². The molecule has 0 aliphatic heterocycles. The highest BCUT2D eigenvalue weighted by molar-refractivity contribution is 7.80. The summed E-state index contributed by atoms with van der Waals surface area (Å²) >= 11 is 5.02. The lowest BCUT2D eigenvalue weighted by Gasteiger charge is -2.20. The van der Waals surface area contributed by atoms with Gasteiger partial charge in [0.15, 0.2) is 11.7 Å². The Kier molecular flexibility index (Phi) is 8.77. The van der Waals surface area contributed by atoms with E-state index in [0.29, 0.717) is 17.0 Å². The van der Waals surface area contributed by atoms with E-state index in [1.165, 1.54) is 6.42 Å². The van der Waals surface area contributed by atoms with Gasteiger partial charge in [0.1, 0.15) is 5.75 Å². The third kappa shape index (κ3) is 7.87. The fourth-order valence-electron chi connectivity index (χ4n) is 3.48. The van der Waals surface area contributed by atoms with Gasteiger partial charge in [-0.3, -0.25) is 30.6 Å². The van der Waals surface area contributed by atoms with E-state index >= 15 is 0 Å². The normalized spacial score (nSPS) is 13.5. The summed E-state index contributed by atoms with van der Waals surface area (Å²) in [6.45, 7) is 1.74. The largest absolute Gasteiger partial charge is 0.484 e. The lowest BCUT2D eigenvalue weighted by atomic mass is 9.88. The number of carbonyl (C=O) groups excluding carboxylic acids is 3. The predicted octanol–water partition coefficient (Wildman–Crippen LogP) is 3.23. The van der Waals surface area contributed by atoms with E-state index in [1.807, 2.05) is 19.1 Å². The molecule has 0 radical (unpaired) electrons. The number of hydrogen-bond acceptors (Lipinski definition) is 5. The van der Waals surface area contributed by atoms with Crippen molar-refractivity contribution in [2.24, 2.45) is 5.92 Å². The van der Waals surface area contributed by atoms with Crippen LogP contribution in [0.3, 0.4) is 0 Å². The summed E-state index contributed by atoms with van der Waals surface area (Å²) < 4.78 is 5.38. The SMILES string of the molecule is Cc1ccc(OCC(=O)NC(=S)NNC(=O)c2ccc(NC(=O)C3CCCCC3)cc2)cc1. The molecular formula is C24H28N4O4S. The average molecular weight is 469 g/mol. The Labute approximate surface area is 198 Å². The van der Waals surface area contributed by atoms with E-state index in [9.17, 15) is 14.4 Å². The number of rotatable bonds is 6. The average Bonchev–Trinajstić information content (AvgIpc) is 2.83. The van der Waals surface area contributed by atoms with E-state index in [4.69, 9.17) is 17.0 Å². The molecule has 1 aliphatic carbocycles. The molecule has 0 bridgehead atoms. The molecule has 0 heterocycles. The number of carbonyl (C=O) groups is 3. The van der Waals surface area contributed by atoms with E-state index in [1.54, 1.807) is 36.4 Å². The first kappa shape index (κ1) is 24.2. The molecule has 0 saturated heterocycles. The molecule has 174 valence electrons. The van der Waals surface area contributed by atoms with Crippen molar-refractivity contribution in [3.63, 3.8) is 0 Å². The van der Waals surface area contributed by atoms with Gasteiger partial charge in [-0.1, -0.05) is 37.0 Å². The minimum absolute atomic E-state index is 0.0287. The van der Waals surface area contributed by atoms with Crippen molar-refractivity contribution < 1.29 is 19.1 Å². The first-order chi connectivity index (χ1) is 15.9. The lowest BCUT2D eigenvalue weighted by molar-refractivity contribution is -0.122. The van der Waals surface area contributed by atoms with Gasteiger partial charge in [-0.25, -0.2) is 0 Å². The van der Waals surface area contributed by atoms with Crippen LogP contribution < -0.4 is 26.2 Å². The van der Waals surface area contributed by atoms with Gasteiger partial charge in [-0.2, -0.15) is 0 Å². The number of aryl methyl sites for hydroxylation is 1. The van der Waals surface area contributed by atoms with Gasteiger partial charge >= 0.3 is 0 Å². The molecule has 1 saturated carbocycles. The molecule has 8 nitrogen and oxygen atoms in total. The molecule has 4 N–H and O–H groups in total. The molecule has 2 aromatic carbocycles. The highest BCUT2D eigenvalue weighted by Crippen LogP contribution is 2.25. The van der Waals surface area contributed by atoms with E-state index in [-0.39, 0.29) is 23.5 Å². The molecule has 0 atom stereocenters. The maximum absolute atomic E-state index is 12.3. The molecule has 0 unspecified atom stereocenters. The summed E-state index contributed by atoms with van der Waals surface area (Å²) in [4.78, 5) is 36.6. The Hall–Kier alpha value is -3.46. The summed E-state index contributed by atoms with van der Waals surface area (Å²) in [7, 11) is 0. The minimum Gasteiger partial charge on any atom is -0.484 e. The standard InChI is InChI=1S/C24H28N4O4S/c1-16-7-13-20(14-8-16)32-15-21(29)26-24(33)28-27-23(31)18-9-11-19(12-10-18)25-22(30)17-5-3-2-4-6-17/h7-14,17H,2-6,15H2,1H3,(H,25,30)(H,27,31)(H2,26,28,29,33). The van der Waals surface area contributed by atoms with E-state index in [2.05, 4.69) is 21.5 Å². The Morgan fingerprint density at radius 1 is 0.939 bits per heavy atom. The lowest BCUT2D eigenvalue weighted by Crippen LogP contribution is -2.49. The number of anilines is 1. The second-order valence-electron chi connectivity index (χ2n) is 7.96. The number of nitrogens with one attached hydrogen (secondary N) is 4. The first-order valence-corrected chi connectivity index (χ1v) is 11.3. The molecule has 2 aromatic rings. The smallest absolute Gasteiger partial charge is 0.269 e. The van der Waals surface area contributed by atoms with Crippen LogP contribution in [0.15, 0.2) is 48.5 Å². The first-order valence-electron chi connectivity index (χ1n) is 10.9. The molecule has 33 heavy (non-hydrogen) atoms. The van der Waals surface area contributed by atoms with Crippen LogP contribution >= 0.6 is 12.2 Å². The van der Waals surface area contributed by atoms with Gasteiger partial charge in [-0.05, 0) is 68.4 Å². The van der Waals surface area contributed by atoms with E-state index < -0.39 is 11.8 Å². The maximum atomic E-state index is 12.3. The number of ether oxygens (including phenoxy) is 1. The molecule has 0 aromatic heterocycles. The second kappa shape index (κ2) is 12.0. The van der Waals surface area contributed by atoms with Crippen molar-refractivity contribution in [1.29, 1.82) is 0 Å². The number of hydrogen-bond donors (Lipinski definition) is 4. The van der Waals surface area contributed by atoms with Gasteiger partial charge < -0.3 is 10.1 Å². The van der Waals surface area contributed by atoms with Crippen LogP contribution in [0, 0.1) is 12.8 Å². The Balaban J connectivity index is 1.38. The van der Waals surface area contributed by atoms with Crippen LogP contribution in [0.2, 0.25) is 0 Å². The third-order valence-corrected chi connectivity index (χ3v) is 5.53. The van der Waals surface area contributed by atoms with Crippen molar-refractivity contribution in [3.8, 4) is 5.75 Å². The Morgan fingerprint density at radius 3 is 2.27 bits per heavy atom. The van der Waals surface area contributed by atoms with Crippen LogP contribution in [0.5, 0.6) is 5.75 Å².